The van der Waals surface area contributed by atoms with Crippen molar-refractivity contribution in [2.24, 2.45) is 0 Å². The predicted molar refractivity (Wildman–Crippen MR) is 51.0 cm³/mol. The molecule has 0 fully saturated rings. The lowest BCUT2D eigenvalue weighted by Crippen LogP contribution is -1.97. The molecule has 15 heavy (non-hydrogen) atoms. The molecule has 3 aromatic heterocycles. The first kappa shape index (κ1) is 7.85. The zero-order valence-electron chi connectivity index (χ0n) is 7.49. The number of hydrogen-bond donors (Lipinski definition) is 2. The zero-order valence-corrected chi connectivity index (χ0v) is 7.49. The maximum Gasteiger partial charge on any atom is 0.181 e. The second kappa shape index (κ2) is 2.74. The van der Waals surface area contributed by atoms with Crippen molar-refractivity contribution in [2.45, 2.75) is 0 Å². The van der Waals surface area contributed by atoms with Gasteiger partial charge in [-0.25, -0.2) is 15.0 Å². The van der Waals surface area contributed by atoms with Gasteiger partial charge in [-0.1, -0.05) is 0 Å². The third-order valence-corrected chi connectivity index (χ3v) is 2.01. The van der Waals surface area contributed by atoms with Crippen LogP contribution in [0.2, 0.25) is 0 Å². The van der Waals surface area contributed by atoms with Gasteiger partial charge < -0.3 is 5.73 Å². The van der Waals surface area contributed by atoms with Crippen LogP contribution in [0.4, 0.5) is 5.82 Å². The summed E-state index contributed by atoms with van der Waals surface area (Å²) >= 11 is 0. The third kappa shape index (κ3) is 1.04. The molecule has 0 radical (unpaired) electrons. The smallest absolute Gasteiger partial charge is 0.181 e. The summed E-state index contributed by atoms with van der Waals surface area (Å²) in [7, 11) is 0. The van der Waals surface area contributed by atoms with Crippen molar-refractivity contribution >= 4 is 17.0 Å². The van der Waals surface area contributed by atoms with Crippen LogP contribution in [0.3, 0.4) is 0 Å². The van der Waals surface area contributed by atoms with Gasteiger partial charge in [-0.05, 0) is 0 Å². The van der Waals surface area contributed by atoms with E-state index in [4.69, 9.17) is 5.73 Å². The summed E-state index contributed by atoms with van der Waals surface area (Å²) in [5.74, 6) is 0.956. The summed E-state index contributed by atoms with van der Waals surface area (Å²) in [6.45, 7) is 0. The van der Waals surface area contributed by atoms with Gasteiger partial charge in [0.05, 0.1) is 6.20 Å². The number of nitrogens with zero attached hydrogens (tertiary/aromatic N) is 6. The Kier molecular flexibility index (Phi) is 1.43. The molecule has 0 atom stereocenters. The van der Waals surface area contributed by atoms with Gasteiger partial charge in [0.15, 0.2) is 22.8 Å². The number of nitrogens with two attached hydrogens (primary N) is 1. The second-order valence-corrected chi connectivity index (χ2v) is 2.87. The number of aromatic nitrogens is 7. The largest absolute Gasteiger partial charge is 0.382 e. The summed E-state index contributed by atoms with van der Waals surface area (Å²) in [4.78, 5) is 12.0. The van der Waals surface area contributed by atoms with Crippen LogP contribution in [0.5, 0.6) is 0 Å². The summed E-state index contributed by atoms with van der Waals surface area (Å²) in [5.41, 5.74) is 6.82. The van der Waals surface area contributed by atoms with Gasteiger partial charge in [0.25, 0.3) is 0 Å². The van der Waals surface area contributed by atoms with Crippen molar-refractivity contribution in [3.63, 3.8) is 0 Å². The molecule has 8 nitrogen and oxygen atoms in total. The van der Waals surface area contributed by atoms with E-state index in [0.717, 1.165) is 0 Å². The van der Waals surface area contributed by atoms with Gasteiger partial charge in [-0.2, -0.15) is 10.3 Å². The molecule has 0 aliphatic carbocycles. The molecule has 0 aromatic carbocycles. The van der Waals surface area contributed by atoms with E-state index < -0.39 is 0 Å². The summed E-state index contributed by atoms with van der Waals surface area (Å²) in [6.07, 6.45) is 4.53. The Balaban J connectivity index is 2.34. The highest BCUT2D eigenvalue weighted by Gasteiger charge is 2.10. The van der Waals surface area contributed by atoms with Crippen molar-refractivity contribution in [2.75, 3.05) is 5.73 Å². The number of fused-ring (bicyclic) bond motifs is 1. The van der Waals surface area contributed by atoms with Crippen molar-refractivity contribution in [1.82, 2.24) is 34.9 Å². The molecule has 3 aromatic rings. The van der Waals surface area contributed by atoms with Crippen LogP contribution in [0.15, 0.2) is 18.9 Å². The number of aromatic amines is 1. The van der Waals surface area contributed by atoms with Crippen molar-refractivity contribution < 1.29 is 0 Å². The monoisotopic (exact) mass is 202 g/mol. The standard InChI is InChI=1S/C7H6N8/c8-6-5-7(10-2-9-6)15(3-11-5)4-1-12-14-13-4/h1-3H,(H2,8,9,10)(H,12,13,14). The SMILES string of the molecule is Nc1ncnc2c1ncn2-c1cn[nH]n1. The van der Waals surface area contributed by atoms with E-state index in [2.05, 4.69) is 30.4 Å². The molecule has 8 heteroatoms. The van der Waals surface area contributed by atoms with Gasteiger partial charge in [0.2, 0.25) is 0 Å². The van der Waals surface area contributed by atoms with E-state index in [1.165, 1.54) is 6.33 Å². The Morgan fingerprint density at radius 1 is 1.27 bits per heavy atom. The number of anilines is 1. The molecule has 0 aliphatic heterocycles. The van der Waals surface area contributed by atoms with Gasteiger partial charge in [0, 0.05) is 0 Å². The first-order valence-electron chi connectivity index (χ1n) is 4.16. The quantitative estimate of drug-likeness (QED) is 0.551. The highest BCUT2D eigenvalue weighted by Crippen LogP contribution is 2.16. The number of nitrogen functional groups attached to an aromatic ring is 1. The fraction of sp³-hybridized carbons (Fsp3) is 0. The zero-order chi connectivity index (χ0) is 10.3. The molecular formula is C7H6N8. The highest BCUT2D eigenvalue weighted by atomic mass is 15.4. The summed E-state index contributed by atoms with van der Waals surface area (Å²) in [6, 6.07) is 0. The number of imidazole rings is 1. The van der Waals surface area contributed by atoms with E-state index in [9.17, 15) is 0 Å². The number of hydrogen-bond acceptors (Lipinski definition) is 6. The van der Waals surface area contributed by atoms with E-state index in [-0.39, 0.29) is 0 Å². The molecule has 74 valence electrons. The lowest BCUT2D eigenvalue weighted by Gasteiger charge is -1.96. The molecular weight excluding hydrogens is 196 g/mol. The van der Waals surface area contributed by atoms with E-state index in [0.29, 0.717) is 22.8 Å². The van der Waals surface area contributed by atoms with Gasteiger partial charge in [-0.3, -0.25) is 4.57 Å². The molecule has 3 rings (SSSR count). The van der Waals surface area contributed by atoms with Crippen LogP contribution < -0.4 is 5.73 Å². The van der Waals surface area contributed by atoms with Crippen LogP contribution >= 0.6 is 0 Å². The first-order valence-corrected chi connectivity index (χ1v) is 4.16. The number of rotatable bonds is 1. The van der Waals surface area contributed by atoms with Crippen LogP contribution in [0.25, 0.3) is 17.0 Å². The fourth-order valence-corrected chi connectivity index (χ4v) is 1.33. The normalized spacial score (nSPS) is 10.9. The summed E-state index contributed by atoms with van der Waals surface area (Å²) < 4.78 is 1.68. The molecule has 0 bridgehead atoms. The number of nitrogens with one attached hydrogen (secondary N) is 1. The Hall–Kier alpha value is -2.51. The average Bonchev–Trinajstić information content (AvgIpc) is 2.85. The minimum atomic E-state index is 0.349. The van der Waals surface area contributed by atoms with Crippen LogP contribution in [0.1, 0.15) is 0 Å². The maximum atomic E-state index is 5.65. The Morgan fingerprint density at radius 2 is 2.20 bits per heavy atom. The van der Waals surface area contributed by atoms with Crippen molar-refractivity contribution in [3.05, 3.63) is 18.9 Å². The maximum absolute atomic E-state index is 5.65. The Bertz CT molecular complexity index is 595. The number of H-pyrrole nitrogens is 1. The Morgan fingerprint density at radius 3 is 3.00 bits per heavy atom. The lowest BCUT2D eigenvalue weighted by molar-refractivity contribution is 0.909. The predicted octanol–water partition coefficient (Wildman–Crippen LogP) is -0.484. The first-order chi connectivity index (χ1) is 7.36. The molecule has 0 amide bonds. The molecule has 0 aliphatic rings. The third-order valence-electron chi connectivity index (χ3n) is 2.01. The molecule has 3 heterocycles. The van der Waals surface area contributed by atoms with Crippen LogP contribution in [-0.2, 0) is 0 Å². The van der Waals surface area contributed by atoms with Crippen LogP contribution in [0, 0.1) is 0 Å². The topological polar surface area (TPSA) is 111 Å². The summed E-state index contributed by atoms with van der Waals surface area (Å²) in [5, 5.41) is 10.1. The Labute approximate surface area is 83.2 Å². The fourth-order valence-electron chi connectivity index (χ4n) is 1.33. The van der Waals surface area contributed by atoms with Crippen molar-refractivity contribution in [1.29, 1.82) is 0 Å². The minimum Gasteiger partial charge on any atom is -0.382 e. The van der Waals surface area contributed by atoms with Gasteiger partial charge in [0.1, 0.15) is 12.7 Å². The van der Waals surface area contributed by atoms with Gasteiger partial charge >= 0.3 is 0 Å². The molecule has 0 spiro atoms. The highest BCUT2D eigenvalue weighted by molar-refractivity contribution is 5.82. The lowest BCUT2D eigenvalue weighted by atomic mass is 10.5. The second-order valence-electron chi connectivity index (χ2n) is 2.87. The molecule has 3 N–H and O–H groups in total. The average molecular weight is 202 g/mol. The molecule has 0 saturated heterocycles. The van der Waals surface area contributed by atoms with E-state index >= 15 is 0 Å². The van der Waals surface area contributed by atoms with E-state index in [1.54, 1.807) is 17.1 Å². The molecule has 0 saturated carbocycles. The van der Waals surface area contributed by atoms with Gasteiger partial charge in [-0.15, -0.1) is 5.10 Å². The molecule has 0 unspecified atom stereocenters. The minimum absolute atomic E-state index is 0.349. The van der Waals surface area contributed by atoms with Crippen molar-refractivity contribution in [3.8, 4) is 5.82 Å². The van der Waals surface area contributed by atoms with Crippen LogP contribution in [-0.4, -0.2) is 34.9 Å². The van der Waals surface area contributed by atoms with E-state index in [1.807, 2.05) is 0 Å².